The normalized spacial score (nSPS) is 18.8. The number of amides is 1. The number of carbonyl (C=O) groups excluding carboxylic acids is 1. The Balaban J connectivity index is 2.07. The second-order valence-corrected chi connectivity index (χ2v) is 5.38. The highest BCUT2D eigenvalue weighted by atomic mass is 35.5. The predicted molar refractivity (Wildman–Crippen MR) is 75.2 cm³/mol. The Morgan fingerprint density at radius 2 is 2.23 bits per heavy atom. The van der Waals surface area contributed by atoms with Gasteiger partial charge in [0.2, 0.25) is 5.91 Å². The molecule has 0 radical (unpaired) electrons. The number of hydrogen-bond donors (Lipinski definition) is 1. The number of nitrogens with one attached hydrogen (secondary N) is 1. The Hall–Kier alpha value is -1.47. The number of carbonyl (C=O) groups is 1. The second-order valence-electron chi connectivity index (χ2n) is 4.95. The minimum Gasteiger partial charge on any atom is -0.482 e. The van der Waals surface area contributed by atoms with Gasteiger partial charge in [0, 0.05) is 17.7 Å². The molecular weight excluding hydrogens is 323 g/mol. The van der Waals surface area contributed by atoms with Crippen molar-refractivity contribution in [3.05, 3.63) is 23.2 Å². The van der Waals surface area contributed by atoms with E-state index in [4.69, 9.17) is 21.1 Å². The minimum absolute atomic E-state index is 0.116. The van der Waals surface area contributed by atoms with Gasteiger partial charge in [0.25, 0.3) is 0 Å². The zero-order chi connectivity index (χ0) is 16.2. The van der Waals surface area contributed by atoms with E-state index in [1.807, 2.05) is 0 Å². The van der Waals surface area contributed by atoms with E-state index in [-0.39, 0.29) is 28.3 Å². The van der Waals surface area contributed by atoms with Gasteiger partial charge in [0.1, 0.15) is 5.75 Å². The van der Waals surface area contributed by atoms with E-state index in [1.54, 1.807) is 0 Å². The van der Waals surface area contributed by atoms with Crippen molar-refractivity contribution in [3.8, 4) is 5.75 Å². The van der Waals surface area contributed by atoms with Gasteiger partial charge >= 0.3 is 6.18 Å². The van der Waals surface area contributed by atoms with Crippen molar-refractivity contribution in [2.75, 3.05) is 25.1 Å². The van der Waals surface area contributed by atoms with Crippen molar-refractivity contribution >= 4 is 23.2 Å². The van der Waals surface area contributed by atoms with Crippen LogP contribution >= 0.6 is 11.6 Å². The summed E-state index contributed by atoms with van der Waals surface area (Å²) in [5, 5.41) is 2.79. The summed E-state index contributed by atoms with van der Waals surface area (Å²) in [7, 11) is 0. The molecule has 8 heteroatoms. The molecule has 0 saturated carbocycles. The summed E-state index contributed by atoms with van der Waals surface area (Å²) in [6.45, 7) is -0.536. The van der Waals surface area contributed by atoms with E-state index in [0.717, 1.165) is 6.42 Å². The fourth-order valence-corrected chi connectivity index (χ4v) is 2.22. The fraction of sp³-hybridized carbons (Fsp3) is 0.500. The smallest absolute Gasteiger partial charge is 0.422 e. The summed E-state index contributed by atoms with van der Waals surface area (Å²) < 4.78 is 46.7. The predicted octanol–water partition coefficient (Wildman–Crippen LogP) is 3.65. The van der Waals surface area contributed by atoms with Crippen LogP contribution in [-0.2, 0) is 9.53 Å². The van der Waals surface area contributed by atoms with E-state index in [9.17, 15) is 18.0 Å². The number of halogens is 4. The molecule has 4 nitrogen and oxygen atoms in total. The van der Waals surface area contributed by atoms with Crippen LogP contribution in [0.4, 0.5) is 18.9 Å². The van der Waals surface area contributed by atoms with E-state index >= 15 is 0 Å². The van der Waals surface area contributed by atoms with Gasteiger partial charge < -0.3 is 14.8 Å². The van der Waals surface area contributed by atoms with Crippen molar-refractivity contribution in [1.82, 2.24) is 0 Å². The topological polar surface area (TPSA) is 47.6 Å². The summed E-state index contributed by atoms with van der Waals surface area (Å²) in [5.74, 6) is -0.742. The van der Waals surface area contributed by atoms with E-state index < -0.39 is 12.8 Å². The monoisotopic (exact) mass is 337 g/mol. The third-order valence-electron chi connectivity index (χ3n) is 3.12. The van der Waals surface area contributed by atoms with Gasteiger partial charge in [-0.1, -0.05) is 11.6 Å². The average Bonchev–Trinajstić information content (AvgIpc) is 2.47. The van der Waals surface area contributed by atoms with Crippen LogP contribution in [0.3, 0.4) is 0 Å². The SMILES string of the molecule is O=C(Nc1ccc(Cl)cc1OCC(F)(F)F)C1CCCOC1. The van der Waals surface area contributed by atoms with Crippen molar-refractivity contribution in [3.63, 3.8) is 0 Å². The third-order valence-corrected chi connectivity index (χ3v) is 3.36. The standard InChI is InChI=1S/C14H15ClF3NO3/c15-10-3-4-11(12(6-10)22-8-14(16,17)18)19-13(20)9-2-1-5-21-7-9/h3-4,6,9H,1-2,5,7-8H2,(H,19,20). The number of ether oxygens (including phenoxy) is 2. The first-order valence-corrected chi connectivity index (χ1v) is 7.10. The number of hydrogen-bond acceptors (Lipinski definition) is 3. The lowest BCUT2D eigenvalue weighted by molar-refractivity contribution is -0.153. The van der Waals surface area contributed by atoms with Crippen LogP contribution in [-0.4, -0.2) is 31.9 Å². The molecule has 1 N–H and O–H groups in total. The maximum absolute atomic E-state index is 12.3. The van der Waals surface area contributed by atoms with Crippen LogP contribution in [0.1, 0.15) is 12.8 Å². The average molecular weight is 338 g/mol. The summed E-state index contributed by atoms with van der Waals surface area (Å²) in [6, 6.07) is 4.12. The molecule has 1 aromatic carbocycles. The van der Waals surface area contributed by atoms with Gasteiger partial charge in [-0.15, -0.1) is 0 Å². The first-order chi connectivity index (χ1) is 10.3. The first kappa shape index (κ1) is 16.9. The minimum atomic E-state index is -4.47. The largest absolute Gasteiger partial charge is 0.482 e. The summed E-state index contributed by atoms with van der Waals surface area (Å²) in [5.41, 5.74) is 0.157. The van der Waals surface area contributed by atoms with E-state index in [0.29, 0.717) is 19.6 Å². The Bertz CT molecular complexity index is 531. The fourth-order valence-electron chi connectivity index (χ4n) is 2.06. The number of anilines is 1. The lowest BCUT2D eigenvalue weighted by atomic mass is 10.0. The Kier molecular flexibility index (Phi) is 5.52. The molecule has 1 atom stereocenters. The number of alkyl halides is 3. The van der Waals surface area contributed by atoms with Gasteiger partial charge in [-0.3, -0.25) is 4.79 Å². The lowest BCUT2D eigenvalue weighted by Crippen LogP contribution is -2.30. The molecule has 1 aromatic rings. The Morgan fingerprint density at radius 3 is 2.86 bits per heavy atom. The summed E-state index contributed by atoms with van der Waals surface area (Å²) in [4.78, 5) is 12.1. The zero-order valence-corrected chi connectivity index (χ0v) is 12.3. The van der Waals surface area contributed by atoms with Crippen molar-refractivity contribution < 1.29 is 27.4 Å². The molecule has 122 valence electrons. The van der Waals surface area contributed by atoms with Crippen LogP contribution in [0.25, 0.3) is 0 Å². The van der Waals surface area contributed by atoms with Crippen LogP contribution in [0.15, 0.2) is 18.2 Å². The molecule has 1 heterocycles. The molecule has 0 aliphatic carbocycles. The maximum Gasteiger partial charge on any atom is 0.422 e. The third kappa shape index (κ3) is 5.06. The highest BCUT2D eigenvalue weighted by molar-refractivity contribution is 6.30. The number of rotatable bonds is 4. The second kappa shape index (κ2) is 7.19. The quantitative estimate of drug-likeness (QED) is 0.912. The molecule has 1 aliphatic rings. The molecule has 1 aliphatic heterocycles. The van der Waals surface area contributed by atoms with Crippen LogP contribution in [0.2, 0.25) is 5.02 Å². The summed E-state index contributed by atoms with van der Waals surface area (Å²) >= 11 is 5.76. The molecule has 0 spiro atoms. The van der Waals surface area contributed by atoms with Crippen molar-refractivity contribution in [2.24, 2.45) is 5.92 Å². The zero-order valence-electron chi connectivity index (χ0n) is 11.6. The molecule has 1 saturated heterocycles. The van der Waals surface area contributed by atoms with Crippen LogP contribution in [0, 0.1) is 5.92 Å². The van der Waals surface area contributed by atoms with Gasteiger partial charge in [-0.25, -0.2) is 0 Å². The van der Waals surface area contributed by atoms with Gasteiger partial charge in [-0.05, 0) is 25.0 Å². The lowest BCUT2D eigenvalue weighted by Gasteiger charge is -2.22. The molecule has 1 fully saturated rings. The van der Waals surface area contributed by atoms with Crippen molar-refractivity contribution in [2.45, 2.75) is 19.0 Å². The molecule has 1 unspecified atom stereocenters. The summed E-state index contributed by atoms with van der Waals surface area (Å²) in [6.07, 6.45) is -3.02. The van der Waals surface area contributed by atoms with Gasteiger partial charge in [0.15, 0.2) is 6.61 Å². The molecule has 2 rings (SSSR count). The Morgan fingerprint density at radius 1 is 1.45 bits per heavy atom. The molecule has 22 heavy (non-hydrogen) atoms. The van der Waals surface area contributed by atoms with Gasteiger partial charge in [-0.2, -0.15) is 13.2 Å². The molecule has 0 bridgehead atoms. The highest BCUT2D eigenvalue weighted by Gasteiger charge is 2.29. The van der Waals surface area contributed by atoms with Gasteiger partial charge in [0.05, 0.1) is 18.2 Å². The molecule has 0 aromatic heterocycles. The van der Waals surface area contributed by atoms with E-state index in [2.05, 4.69) is 5.32 Å². The van der Waals surface area contributed by atoms with Crippen LogP contribution < -0.4 is 10.1 Å². The maximum atomic E-state index is 12.3. The molecule has 1 amide bonds. The van der Waals surface area contributed by atoms with Crippen LogP contribution in [0.5, 0.6) is 5.75 Å². The Labute approximate surface area is 130 Å². The number of benzene rings is 1. The van der Waals surface area contributed by atoms with Crippen molar-refractivity contribution in [1.29, 1.82) is 0 Å². The molecular formula is C14H15ClF3NO3. The van der Waals surface area contributed by atoms with E-state index in [1.165, 1.54) is 18.2 Å². The first-order valence-electron chi connectivity index (χ1n) is 6.73. The highest BCUT2D eigenvalue weighted by Crippen LogP contribution is 2.30.